The molecule has 0 saturated heterocycles. The van der Waals surface area contributed by atoms with Gasteiger partial charge in [-0.15, -0.1) is 0 Å². The van der Waals surface area contributed by atoms with Crippen LogP contribution in [-0.2, 0) is 14.3 Å². The molecule has 0 aliphatic heterocycles. The van der Waals surface area contributed by atoms with Gasteiger partial charge in [-0.3, -0.25) is 14.9 Å². The third-order valence-corrected chi connectivity index (χ3v) is 2.72. The zero-order chi connectivity index (χ0) is 12.1. The monoisotopic (exact) mass is 229 g/mol. The van der Waals surface area contributed by atoms with Crippen molar-refractivity contribution in [3.8, 4) is 0 Å². The highest BCUT2D eigenvalue weighted by atomic mass is 16.6. The molecule has 0 aromatic rings. The van der Waals surface area contributed by atoms with E-state index in [1.165, 1.54) is 0 Å². The number of nitro groups is 1. The first kappa shape index (κ1) is 12.6. The standard InChI is InChI=1S/C10H15NO5/c1-2-16-10(13)9(11(14)15)7-4-3-5-8(12)6-7/h7,9H,2-6H2,1H3/t7-,9+/m1/s1. The lowest BCUT2D eigenvalue weighted by Crippen LogP contribution is -2.40. The van der Waals surface area contributed by atoms with Gasteiger partial charge in [-0.2, -0.15) is 0 Å². The lowest BCUT2D eigenvalue weighted by atomic mass is 9.83. The van der Waals surface area contributed by atoms with Gasteiger partial charge in [-0.25, -0.2) is 4.79 Å². The second-order valence-electron chi connectivity index (χ2n) is 3.88. The van der Waals surface area contributed by atoms with Crippen molar-refractivity contribution in [2.75, 3.05) is 6.61 Å². The molecule has 1 fully saturated rings. The minimum atomic E-state index is -1.39. The predicted octanol–water partition coefficient (Wildman–Crippen LogP) is 0.954. The van der Waals surface area contributed by atoms with Crippen LogP contribution in [0.2, 0.25) is 0 Å². The SMILES string of the molecule is CCOC(=O)[C@H]([C@@H]1CCCC(=O)C1)[N+](=O)[O-]. The minimum absolute atomic E-state index is 0.00704. The molecule has 2 atom stereocenters. The van der Waals surface area contributed by atoms with Crippen LogP contribution in [0.15, 0.2) is 0 Å². The van der Waals surface area contributed by atoms with Crippen LogP contribution in [0.1, 0.15) is 32.6 Å². The van der Waals surface area contributed by atoms with Crippen molar-refractivity contribution in [1.82, 2.24) is 0 Å². The summed E-state index contributed by atoms with van der Waals surface area (Å²) in [5.74, 6) is -1.34. The zero-order valence-corrected chi connectivity index (χ0v) is 9.18. The van der Waals surface area contributed by atoms with Gasteiger partial charge in [0.2, 0.25) is 0 Å². The van der Waals surface area contributed by atoms with E-state index in [1.54, 1.807) is 6.92 Å². The van der Waals surface area contributed by atoms with E-state index in [-0.39, 0.29) is 18.8 Å². The fraction of sp³-hybridized carbons (Fsp3) is 0.800. The molecule has 1 aliphatic carbocycles. The van der Waals surface area contributed by atoms with Crippen LogP contribution in [0, 0.1) is 16.0 Å². The quantitative estimate of drug-likeness (QED) is 0.407. The van der Waals surface area contributed by atoms with Crippen molar-refractivity contribution in [1.29, 1.82) is 0 Å². The second kappa shape index (κ2) is 5.58. The molecule has 0 aromatic heterocycles. The Balaban J connectivity index is 2.72. The summed E-state index contributed by atoms with van der Waals surface area (Å²) >= 11 is 0. The van der Waals surface area contributed by atoms with Gasteiger partial charge in [0.1, 0.15) is 5.78 Å². The first-order valence-corrected chi connectivity index (χ1v) is 5.38. The first-order chi connectivity index (χ1) is 7.56. The molecule has 0 bridgehead atoms. The van der Waals surface area contributed by atoms with Crippen LogP contribution < -0.4 is 0 Å². The highest BCUT2D eigenvalue weighted by Crippen LogP contribution is 2.26. The van der Waals surface area contributed by atoms with Gasteiger partial charge in [0.25, 0.3) is 0 Å². The molecule has 0 N–H and O–H groups in total. The van der Waals surface area contributed by atoms with E-state index in [4.69, 9.17) is 0 Å². The van der Waals surface area contributed by atoms with Crippen LogP contribution in [0.3, 0.4) is 0 Å². The largest absolute Gasteiger partial charge is 0.461 e. The fourth-order valence-electron chi connectivity index (χ4n) is 2.01. The smallest absolute Gasteiger partial charge is 0.381 e. The summed E-state index contributed by atoms with van der Waals surface area (Å²) in [5.41, 5.74) is 0. The van der Waals surface area contributed by atoms with E-state index >= 15 is 0 Å². The Kier molecular flexibility index (Phi) is 4.39. The molecular weight excluding hydrogens is 214 g/mol. The summed E-state index contributed by atoms with van der Waals surface area (Å²) in [5, 5.41) is 10.8. The van der Waals surface area contributed by atoms with Gasteiger partial charge >= 0.3 is 12.0 Å². The molecule has 1 saturated carbocycles. The second-order valence-corrected chi connectivity index (χ2v) is 3.88. The van der Waals surface area contributed by atoms with E-state index in [2.05, 4.69) is 4.74 Å². The summed E-state index contributed by atoms with van der Waals surface area (Å²) in [6.45, 7) is 1.71. The summed E-state index contributed by atoms with van der Waals surface area (Å²) in [7, 11) is 0. The summed E-state index contributed by atoms with van der Waals surface area (Å²) in [6, 6.07) is -1.39. The highest BCUT2D eigenvalue weighted by Gasteiger charge is 2.42. The molecule has 0 amide bonds. The Morgan fingerprint density at radius 1 is 1.69 bits per heavy atom. The Morgan fingerprint density at radius 2 is 2.38 bits per heavy atom. The molecule has 6 nitrogen and oxygen atoms in total. The maximum atomic E-state index is 11.4. The van der Waals surface area contributed by atoms with Crippen molar-refractivity contribution in [2.45, 2.75) is 38.6 Å². The van der Waals surface area contributed by atoms with E-state index in [9.17, 15) is 19.7 Å². The van der Waals surface area contributed by atoms with Crippen molar-refractivity contribution in [3.05, 3.63) is 10.1 Å². The molecule has 1 rings (SSSR count). The molecule has 0 radical (unpaired) electrons. The lowest BCUT2D eigenvalue weighted by Gasteiger charge is -2.22. The number of hydrogen-bond acceptors (Lipinski definition) is 5. The summed E-state index contributed by atoms with van der Waals surface area (Å²) in [6.07, 6.45) is 1.73. The van der Waals surface area contributed by atoms with E-state index in [1.807, 2.05) is 0 Å². The predicted molar refractivity (Wildman–Crippen MR) is 54.4 cm³/mol. The van der Waals surface area contributed by atoms with Crippen molar-refractivity contribution >= 4 is 11.8 Å². The molecule has 16 heavy (non-hydrogen) atoms. The zero-order valence-electron chi connectivity index (χ0n) is 9.18. The number of esters is 1. The number of Topliss-reactive ketones (excluding diaryl/α,β-unsaturated/α-hetero) is 1. The summed E-state index contributed by atoms with van der Waals surface area (Å²) in [4.78, 5) is 32.8. The molecule has 0 unspecified atom stereocenters. The van der Waals surface area contributed by atoms with Gasteiger partial charge in [-0.05, 0) is 19.8 Å². The van der Waals surface area contributed by atoms with Crippen LogP contribution in [0.5, 0.6) is 0 Å². The van der Waals surface area contributed by atoms with Crippen LogP contribution in [0.25, 0.3) is 0 Å². The van der Waals surface area contributed by atoms with Gasteiger partial charge in [0, 0.05) is 23.7 Å². The number of nitrogens with zero attached hydrogens (tertiary/aromatic N) is 1. The van der Waals surface area contributed by atoms with Crippen LogP contribution in [0.4, 0.5) is 0 Å². The molecule has 0 spiro atoms. The van der Waals surface area contributed by atoms with Gasteiger partial charge in [-0.1, -0.05) is 0 Å². The minimum Gasteiger partial charge on any atom is -0.461 e. The van der Waals surface area contributed by atoms with Crippen molar-refractivity contribution in [3.63, 3.8) is 0 Å². The number of rotatable bonds is 4. The molecule has 0 aromatic carbocycles. The number of hydrogen-bond donors (Lipinski definition) is 0. The average molecular weight is 229 g/mol. The fourth-order valence-corrected chi connectivity index (χ4v) is 2.01. The Labute approximate surface area is 93.1 Å². The van der Waals surface area contributed by atoms with Crippen LogP contribution in [-0.4, -0.2) is 29.3 Å². The average Bonchev–Trinajstić information content (AvgIpc) is 2.17. The third kappa shape index (κ3) is 3.01. The molecule has 0 heterocycles. The third-order valence-electron chi connectivity index (χ3n) is 2.72. The van der Waals surface area contributed by atoms with Crippen molar-refractivity contribution in [2.24, 2.45) is 5.92 Å². The Morgan fingerprint density at radius 3 is 2.88 bits per heavy atom. The van der Waals surface area contributed by atoms with Gasteiger partial charge < -0.3 is 4.74 Å². The van der Waals surface area contributed by atoms with E-state index < -0.39 is 22.9 Å². The number of carbonyl (C=O) groups is 2. The lowest BCUT2D eigenvalue weighted by molar-refractivity contribution is -0.520. The van der Waals surface area contributed by atoms with E-state index in [0.29, 0.717) is 19.3 Å². The molecule has 1 aliphatic rings. The molecule has 90 valence electrons. The highest BCUT2D eigenvalue weighted by molar-refractivity contribution is 5.81. The molecular formula is C10H15NO5. The first-order valence-electron chi connectivity index (χ1n) is 5.38. The maximum Gasteiger partial charge on any atom is 0.381 e. The van der Waals surface area contributed by atoms with Crippen molar-refractivity contribution < 1.29 is 19.2 Å². The molecule has 6 heteroatoms. The van der Waals surface area contributed by atoms with Gasteiger partial charge in [0.05, 0.1) is 6.61 Å². The Hall–Kier alpha value is -1.46. The topological polar surface area (TPSA) is 86.5 Å². The number of ketones is 1. The van der Waals surface area contributed by atoms with Crippen LogP contribution >= 0.6 is 0 Å². The van der Waals surface area contributed by atoms with Gasteiger partial charge in [0.15, 0.2) is 0 Å². The van der Waals surface area contributed by atoms with E-state index in [0.717, 1.165) is 0 Å². The summed E-state index contributed by atoms with van der Waals surface area (Å²) < 4.78 is 4.66. The normalized spacial score (nSPS) is 22.6. The number of ether oxygens (including phenoxy) is 1. The Bertz CT molecular complexity index is 302. The number of carbonyl (C=O) groups excluding carboxylic acids is 2. The maximum absolute atomic E-state index is 11.4.